The third-order valence-corrected chi connectivity index (χ3v) is 10.6. The molecule has 0 spiro atoms. The van der Waals surface area contributed by atoms with E-state index >= 15 is 0 Å². The number of carboxylic acid groups (broad SMARTS) is 1. The van der Waals surface area contributed by atoms with Gasteiger partial charge in [0.1, 0.15) is 9.97 Å². The van der Waals surface area contributed by atoms with E-state index in [1.54, 1.807) is 18.7 Å². The van der Waals surface area contributed by atoms with Crippen LogP contribution in [0.5, 0.6) is 0 Å². The maximum absolute atomic E-state index is 13.5. The largest absolute Gasteiger partial charge is 0.482 e. The Hall–Kier alpha value is -2.02. The molecule has 0 amide bonds. The van der Waals surface area contributed by atoms with Crippen molar-refractivity contribution in [1.29, 1.82) is 0 Å². The number of alkyl halides is 3. The summed E-state index contributed by atoms with van der Waals surface area (Å²) >= 11 is 2.58. The summed E-state index contributed by atoms with van der Waals surface area (Å²) in [6.07, 6.45) is 0.550. The Morgan fingerprint density at radius 2 is 2.00 bits per heavy atom. The van der Waals surface area contributed by atoms with Crippen LogP contribution in [0.15, 0.2) is 45.9 Å². The van der Waals surface area contributed by atoms with Crippen LogP contribution >= 0.6 is 23.1 Å². The van der Waals surface area contributed by atoms with Gasteiger partial charge in [0.2, 0.25) is 0 Å². The maximum atomic E-state index is 13.5. The lowest BCUT2D eigenvalue weighted by Gasteiger charge is -2.23. The normalized spacial score (nSPS) is 16.8. The minimum absolute atomic E-state index is 0.0758. The second kappa shape index (κ2) is 11.6. The molecule has 1 heterocycles. The molecule has 6 nitrogen and oxygen atoms in total. The molecule has 1 unspecified atom stereocenters. The fraction of sp³-hybridized carbons (Fsp3) is 0.458. The van der Waals surface area contributed by atoms with Gasteiger partial charge in [0.25, 0.3) is 10.0 Å². The van der Waals surface area contributed by atoms with Crippen molar-refractivity contribution in [3.63, 3.8) is 0 Å². The Morgan fingerprint density at radius 3 is 2.61 bits per heavy atom. The lowest BCUT2D eigenvalue weighted by atomic mass is 10.1. The van der Waals surface area contributed by atoms with E-state index in [1.165, 1.54) is 10.4 Å². The smallest absolute Gasteiger partial charge is 0.416 e. The molecule has 1 aliphatic rings. The number of allylic oxidation sites excluding steroid dienone is 2. The van der Waals surface area contributed by atoms with E-state index in [-0.39, 0.29) is 16.0 Å². The molecule has 36 heavy (non-hydrogen) atoms. The lowest BCUT2D eigenvalue weighted by Crippen LogP contribution is -2.34. The van der Waals surface area contributed by atoms with Crippen LogP contribution in [0.4, 0.5) is 13.2 Å². The summed E-state index contributed by atoms with van der Waals surface area (Å²) in [5.74, 6) is 0.0140. The molecule has 0 aliphatic heterocycles. The van der Waals surface area contributed by atoms with E-state index < -0.39 is 34.3 Å². The van der Waals surface area contributed by atoms with Gasteiger partial charge in [0.15, 0.2) is 6.61 Å². The minimum atomic E-state index is -4.50. The number of halogens is 3. The monoisotopic (exact) mass is 563 g/mol. The van der Waals surface area contributed by atoms with Crippen LogP contribution in [0, 0.1) is 6.92 Å². The Labute approximate surface area is 216 Å². The van der Waals surface area contributed by atoms with Gasteiger partial charge in [-0.15, -0.1) is 11.3 Å². The third kappa shape index (κ3) is 6.64. The van der Waals surface area contributed by atoms with Gasteiger partial charge in [-0.1, -0.05) is 13.0 Å². The first kappa shape index (κ1) is 28.5. The molecule has 0 fully saturated rings. The molecule has 0 radical (unpaired) electrons. The average molecular weight is 564 g/mol. The number of thiophene rings is 1. The first-order valence-corrected chi connectivity index (χ1v) is 14.6. The van der Waals surface area contributed by atoms with Gasteiger partial charge in [-0.3, -0.25) is 0 Å². The molecule has 1 aromatic carbocycles. The number of hydrogen-bond donors (Lipinski definition) is 1. The minimum Gasteiger partial charge on any atom is -0.482 e. The summed E-state index contributed by atoms with van der Waals surface area (Å²) in [5, 5.41) is 9.17. The Balaban J connectivity index is 1.72. The van der Waals surface area contributed by atoms with E-state index in [0.29, 0.717) is 46.5 Å². The second-order valence-electron chi connectivity index (χ2n) is 8.37. The number of hydrogen-bond acceptors (Lipinski definition) is 6. The number of benzene rings is 1. The van der Waals surface area contributed by atoms with Gasteiger partial charge in [0, 0.05) is 28.8 Å². The van der Waals surface area contributed by atoms with E-state index in [4.69, 9.17) is 9.84 Å². The molecule has 1 atom stereocenters. The van der Waals surface area contributed by atoms with Crippen molar-refractivity contribution < 1.29 is 36.2 Å². The summed E-state index contributed by atoms with van der Waals surface area (Å²) in [6, 6.07) is 3.32. The number of aliphatic carboxylic acids is 1. The predicted octanol–water partition coefficient (Wildman–Crippen LogP) is 6.07. The molecule has 0 saturated heterocycles. The summed E-state index contributed by atoms with van der Waals surface area (Å²) < 4.78 is 73.8. The number of sulfonamides is 1. The molecule has 2 aromatic rings. The predicted molar refractivity (Wildman–Crippen MR) is 137 cm³/mol. The quantitative estimate of drug-likeness (QED) is 0.358. The van der Waals surface area contributed by atoms with E-state index in [0.717, 1.165) is 29.0 Å². The number of nitrogens with zero attached hydrogens (tertiary/aromatic N) is 1. The van der Waals surface area contributed by atoms with Crippen molar-refractivity contribution in [1.82, 2.24) is 4.31 Å². The molecule has 1 N–H and O–H groups in total. The number of carbonyl (C=O) groups is 1. The van der Waals surface area contributed by atoms with Gasteiger partial charge >= 0.3 is 12.1 Å². The van der Waals surface area contributed by atoms with Gasteiger partial charge < -0.3 is 9.84 Å². The molecule has 12 heteroatoms. The van der Waals surface area contributed by atoms with Crippen molar-refractivity contribution in [2.45, 2.75) is 49.2 Å². The molecule has 198 valence electrons. The molecule has 0 bridgehead atoms. The van der Waals surface area contributed by atoms with Gasteiger partial charge in [0.05, 0.1) is 5.56 Å². The van der Waals surface area contributed by atoms with Gasteiger partial charge in [-0.2, -0.15) is 29.2 Å². The number of ether oxygens (including phenoxy) is 1. The van der Waals surface area contributed by atoms with Crippen LogP contribution in [0.2, 0.25) is 0 Å². The lowest BCUT2D eigenvalue weighted by molar-refractivity contribution is -0.140. The molecular formula is C24H28F3NO5S3. The maximum Gasteiger partial charge on any atom is 0.416 e. The number of rotatable bonds is 11. The Morgan fingerprint density at radius 1 is 1.28 bits per heavy atom. The number of thioether (sulfide) groups is 1. The van der Waals surface area contributed by atoms with Crippen LogP contribution in [-0.4, -0.2) is 54.5 Å². The molecule has 0 saturated carbocycles. The standard InChI is InChI=1S/C24H28F3NO5S3/c1-4-9-28(10-11-34-18-6-7-20(15(2)12-18)33-14-22(29)30)36(31,32)23-16(3)19-13-17(24(25,26)27)5-8-21(19)35-23/h5,7-8,12-13,18H,4,6,9-11,14H2,1-3H3,(H,29,30). The summed E-state index contributed by atoms with van der Waals surface area (Å²) in [7, 11) is -3.89. The number of aryl methyl sites for hydroxylation is 1. The first-order valence-electron chi connectivity index (χ1n) is 11.3. The van der Waals surface area contributed by atoms with Crippen molar-refractivity contribution >= 4 is 49.2 Å². The van der Waals surface area contributed by atoms with Crippen LogP contribution < -0.4 is 0 Å². The van der Waals surface area contributed by atoms with Gasteiger partial charge in [-0.05, 0) is 67.5 Å². The first-order chi connectivity index (χ1) is 16.8. The Kier molecular flexibility index (Phi) is 9.18. The summed E-state index contributed by atoms with van der Waals surface area (Å²) in [4.78, 5) is 10.7. The van der Waals surface area contributed by atoms with E-state index in [9.17, 15) is 26.4 Å². The summed E-state index contributed by atoms with van der Waals surface area (Å²) in [5.41, 5.74) is 0.361. The highest BCUT2D eigenvalue weighted by Gasteiger charge is 2.33. The second-order valence-corrected chi connectivity index (χ2v) is 12.9. The van der Waals surface area contributed by atoms with E-state index in [2.05, 4.69) is 0 Å². The van der Waals surface area contributed by atoms with Crippen LogP contribution in [0.25, 0.3) is 10.1 Å². The van der Waals surface area contributed by atoms with Crippen LogP contribution in [-0.2, 0) is 25.7 Å². The zero-order chi connectivity index (χ0) is 26.7. The topological polar surface area (TPSA) is 83.9 Å². The fourth-order valence-corrected chi connectivity index (χ4v) is 8.58. The van der Waals surface area contributed by atoms with Gasteiger partial charge in [-0.25, -0.2) is 13.2 Å². The highest BCUT2D eigenvalue weighted by molar-refractivity contribution is 8.00. The zero-order valence-corrected chi connectivity index (χ0v) is 22.5. The van der Waals surface area contributed by atoms with Crippen molar-refractivity contribution in [2.75, 3.05) is 25.4 Å². The number of carboxylic acids is 1. The SMILES string of the molecule is CCCN(CCSC1C=C(C)C(OCC(=O)O)=CC1)S(=O)(=O)c1sc2ccc(C(F)(F)F)cc2c1C. The molecular weight excluding hydrogens is 535 g/mol. The highest BCUT2D eigenvalue weighted by Crippen LogP contribution is 2.39. The Bertz CT molecular complexity index is 1280. The van der Waals surface area contributed by atoms with Crippen molar-refractivity contribution in [2.24, 2.45) is 0 Å². The fourth-order valence-electron chi connectivity index (χ4n) is 3.89. The van der Waals surface area contributed by atoms with Crippen molar-refractivity contribution in [3.05, 3.63) is 52.8 Å². The van der Waals surface area contributed by atoms with Crippen LogP contribution in [0.3, 0.4) is 0 Å². The van der Waals surface area contributed by atoms with E-state index in [1.807, 2.05) is 26.0 Å². The van der Waals surface area contributed by atoms with Crippen LogP contribution in [0.1, 0.15) is 37.8 Å². The summed E-state index contributed by atoms with van der Waals surface area (Å²) in [6.45, 7) is 5.42. The molecule has 1 aromatic heterocycles. The highest BCUT2D eigenvalue weighted by atomic mass is 32.2. The third-order valence-electron chi connectivity index (χ3n) is 5.65. The molecule has 3 rings (SSSR count). The number of fused-ring (bicyclic) bond motifs is 1. The average Bonchev–Trinajstić information content (AvgIpc) is 3.14. The zero-order valence-electron chi connectivity index (χ0n) is 20.1. The molecule has 1 aliphatic carbocycles. The van der Waals surface area contributed by atoms with Crippen molar-refractivity contribution in [3.8, 4) is 0 Å².